The molecule has 2 heterocycles. The third-order valence-corrected chi connectivity index (χ3v) is 4.04. The van der Waals surface area contributed by atoms with Crippen LogP contribution in [0, 0.1) is 5.82 Å². The van der Waals surface area contributed by atoms with Gasteiger partial charge in [-0.3, -0.25) is 14.2 Å². The van der Waals surface area contributed by atoms with Gasteiger partial charge in [-0.15, -0.1) is 34.2 Å². The van der Waals surface area contributed by atoms with E-state index in [2.05, 4.69) is 31.1 Å². The van der Waals surface area contributed by atoms with Crippen LogP contribution >= 0.6 is 24.0 Å². The number of aromatic nitrogens is 3. The average Bonchev–Trinajstić information content (AvgIpc) is 3.12. The van der Waals surface area contributed by atoms with Gasteiger partial charge in [0.1, 0.15) is 5.82 Å². The molecule has 0 aliphatic rings. The van der Waals surface area contributed by atoms with Crippen molar-refractivity contribution in [1.82, 2.24) is 30.5 Å². The van der Waals surface area contributed by atoms with Gasteiger partial charge >= 0.3 is 0 Å². The molecule has 0 radical (unpaired) electrons. The van der Waals surface area contributed by atoms with E-state index in [1.54, 1.807) is 19.2 Å². The number of guanidine groups is 1. The summed E-state index contributed by atoms with van der Waals surface area (Å²) in [6.07, 6.45) is 2.12. The van der Waals surface area contributed by atoms with Crippen LogP contribution in [-0.2, 0) is 17.8 Å². The number of fused-ring (bicyclic) bond motifs is 1. The van der Waals surface area contributed by atoms with Gasteiger partial charge in [0.05, 0.1) is 13.0 Å². The Morgan fingerprint density at radius 2 is 1.83 bits per heavy atom. The molecule has 0 saturated heterocycles. The van der Waals surface area contributed by atoms with Crippen molar-refractivity contribution in [3.05, 3.63) is 65.9 Å². The lowest BCUT2D eigenvalue weighted by Gasteiger charge is -2.12. The molecule has 0 aliphatic carbocycles. The van der Waals surface area contributed by atoms with E-state index in [1.807, 2.05) is 28.8 Å². The normalized spacial score (nSPS) is 11.0. The highest BCUT2D eigenvalue weighted by atomic mass is 127. The van der Waals surface area contributed by atoms with Crippen LogP contribution in [0.4, 0.5) is 4.39 Å². The fourth-order valence-electron chi connectivity index (χ4n) is 2.63. The van der Waals surface area contributed by atoms with Gasteiger partial charge in [-0.1, -0.05) is 18.2 Å². The number of nitrogens with one attached hydrogen (secondary N) is 3. The van der Waals surface area contributed by atoms with E-state index >= 15 is 0 Å². The summed E-state index contributed by atoms with van der Waals surface area (Å²) in [7, 11) is 1.67. The van der Waals surface area contributed by atoms with Gasteiger partial charge < -0.3 is 16.0 Å². The summed E-state index contributed by atoms with van der Waals surface area (Å²) in [6, 6.07) is 11.6. The number of carbonyl (C=O) groups excluding carboxylic acids is 1. The Bertz CT molecular complexity index is 959. The number of aliphatic imine (C=N–C) groups is 1. The summed E-state index contributed by atoms with van der Waals surface area (Å²) in [6.45, 7) is 1.41. The van der Waals surface area contributed by atoms with E-state index in [4.69, 9.17) is 0 Å². The Labute approximate surface area is 185 Å². The molecule has 3 aromatic rings. The monoisotopic (exact) mass is 511 g/mol. The third-order valence-electron chi connectivity index (χ3n) is 4.04. The molecule has 3 rings (SSSR count). The number of amides is 1. The Morgan fingerprint density at radius 3 is 2.59 bits per heavy atom. The molecule has 0 saturated carbocycles. The number of hydrogen-bond donors (Lipinski definition) is 3. The molecule has 10 heteroatoms. The molecule has 154 valence electrons. The lowest BCUT2D eigenvalue weighted by Crippen LogP contribution is -2.41. The van der Waals surface area contributed by atoms with E-state index < -0.39 is 0 Å². The highest BCUT2D eigenvalue weighted by Crippen LogP contribution is 2.03. The first-order valence-corrected chi connectivity index (χ1v) is 8.90. The second kappa shape index (κ2) is 11.3. The lowest BCUT2D eigenvalue weighted by molar-refractivity contribution is -0.120. The predicted octanol–water partition coefficient (Wildman–Crippen LogP) is 1.51. The van der Waals surface area contributed by atoms with Gasteiger partial charge in [0.15, 0.2) is 17.4 Å². The minimum atomic E-state index is -0.314. The van der Waals surface area contributed by atoms with Crippen LogP contribution in [0.15, 0.2) is 53.7 Å². The number of halogens is 2. The SMILES string of the molecule is CN=C(NCCNC(=O)Cc1ccc(F)cc1)NCc1nnc2ccccn12.I. The molecule has 0 aliphatic heterocycles. The maximum absolute atomic E-state index is 12.9. The molecule has 0 fully saturated rings. The minimum Gasteiger partial charge on any atom is -0.355 e. The minimum absolute atomic E-state index is 0. The number of benzene rings is 1. The van der Waals surface area contributed by atoms with Crippen molar-refractivity contribution in [2.75, 3.05) is 20.1 Å². The molecule has 2 aromatic heterocycles. The van der Waals surface area contributed by atoms with Crippen molar-refractivity contribution in [2.45, 2.75) is 13.0 Å². The van der Waals surface area contributed by atoms with Crippen LogP contribution in [-0.4, -0.2) is 46.6 Å². The largest absolute Gasteiger partial charge is 0.355 e. The zero-order chi connectivity index (χ0) is 19.8. The van der Waals surface area contributed by atoms with Crippen molar-refractivity contribution in [3.63, 3.8) is 0 Å². The zero-order valence-corrected chi connectivity index (χ0v) is 18.3. The summed E-state index contributed by atoms with van der Waals surface area (Å²) >= 11 is 0. The first-order chi connectivity index (χ1) is 13.7. The van der Waals surface area contributed by atoms with Gasteiger partial charge in [0, 0.05) is 26.3 Å². The summed E-state index contributed by atoms with van der Waals surface area (Å²) in [5.74, 6) is 0.935. The number of hydrogen-bond acceptors (Lipinski definition) is 4. The number of nitrogens with zero attached hydrogens (tertiary/aromatic N) is 4. The van der Waals surface area contributed by atoms with Crippen LogP contribution in [0.5, 0.6) is 0 Å². The van der Waals surface area contributed by atoms with E-state index in [9.17, 15) is 9.18 Å². The standard InChI is InChI=1S/C19H22FN7O.HI/c1-21-19(24-13-17-26-25-16-4-2-3-11-27(16)17)23-10-9-22-18(28)12-14-5-7-15(20)8-6-14;/h2-8,11H,9-10,12-13H2,1H3,(H,22,28)(H2,21,23,24);1H. The quantitative estimate of drug-likeness (QED) is 0.194. The van der Waals surface area contributed by atoms with Crippen molar-refractivity contribution >= 4 is 41.5 Å². The van der Waals surface area contributed by atoms with Gasteiger partial charge in [-0.25, -0.2) is 4.39 Å². The summed E-state index contributed by atoms with van der Waals surface area (Å²) in [5, 5.41) is 17.4. The molecule has 3 N–H and O–H groups in total. The van der Waals surface area contributed by atoms with Crippen molar-refractivity contribution in [1.29, 1.82) is 0 Å². The van der Waals surface area contributed by atoms with Crippen LogP contribution in [0.3, 0.4) is 0 Å². The predicted molar refractivity (Wildman–Crippen MR) is 120 cm³/mol. The van der Waals surface area contributed by atoms with Crippen LogP contribution in [0.25, 0.3) is 5.65 Å². The molecular formula is C19H23FIN7O. The first kappa shape index (κ1) is 22.5. The molecule has 0 atom stereocenters. The lowest BCUT2D eigenvalue weighted by atomic mass is 10.1. The van der Waals surface area contributed by atoms with Crippen LogP contribution < -0.4 is 16.0 Å². The van der Waals surface area contributed by atoms with Crippen molar-refractivity contribution < 1.29 is 9.18 Å². The van der Waals surface area contributed by atoms with E-state index in [-0.39, 0.29) is 42.1 Å². The van der Waals surface area contributed by atoms with Gasteiger partial charge in [0.25, 0.3) is 0 Å². The number of rotatable bonds is 7. The molecule has 1 amide bonds. The molecule has 0 unspecified atom stereocenters. The summed E-state index contributed by atoms with van der Waals surface area (Å²) in [5.41, 5.74) is 1.55. The molecule has 0 bridgehead atoms. The summed E-state index contributed by atoms with van der Waals surface area (Å²) < 4.78 is 14.8. The fourth-order valence-corrected chi connectivity index (χ4v) is 2.63. The Hall–Kier alpha value is -2.76. The van der Waals surface area contributed by atoms with Crippen molar-refractivity contribution in [2.24, 2.45) is 4.99 Å². The van der Waals surface area contributed by atoms with E-state index in [0.29, 0.717) is 25.6 Å². The highest BCUT2D eigenvalue weighted by Gasteiger charge is 2.06. The maximum Gasteiger partial charge on any atom is 0.224 e. The maximum atomic E-state index is 12.9. The Balaban J connectivity index is 0.00000300. The van der Waals surface area contributed by atoms with Crippen LogP contribution in [0.2, 0.25) is 0 Å². The topological polar surface area (TPSA) is 95.7 Å². The second-order valence-electron chi connectivity index (χ2n) is 6.05. The smallest absolute Gasteiger partial charge is 0.224 e. The molecule has 1 aromatic carbocycles. The van der Waals surface area contributed by atoms with E-state index in [0.717, 1.165) is 17.0 Å². The zero-order valence-electron chi connectivity index (χ0n) is 15.9. The third kappa shape index (κ3) is 6.66. The number of pyridine rings is 1. The number of carbonyl (C=O) groups is 1. The average molecular weight is 511 g/mol. The molecule has 0 spiro atoms. The second-order valence-corrected chi connectivity index (χ2v) is 6.05. The first-order valence-electron chi connectivity index (χ1n) is 8.90. The van der Waals surface area contributed by atoms with Gasteiger partial charge in [-0.2, -0.15) is 0 Å². The van der Waals surface area contributed by atoms with E-state index in [1.165, 1.54) is 12.1 Å². The van der Waals surface area contributed by atoms with Crippen molar-refractivity contribution in [3.8, 4) is 0 Å². The summed E-state index contributed by atoms with van der Waals surface area (Å²) in [4.78, 5) is 16.1. The molecule has 8 nitrogen and oxygen atoms in total. The van der Waals surface area contributed by atoms with Gasteiger partial charge in [0.2, 0.25) is 5.91 Å². The Morgan fingerprint density at radius 1 is 1.07 bits per heavy atom. The van der Waals surface area contributed by atoms with Gasteiger partial charge in [-0.05, 0) is 29.8 Å². The molecule has 29 heavy (non-hydrogen) atoms. The highest BCUT2D eigenvalue weighted by molar-refractivity contribution is 14.0. The Kier molecular flexibility index (Phi) is 8.77. The van der Waals surface area contributed by atoms with Crippen LogP contribution in [0.1, 0.15) is 11.4 Å². The molecular weight excluding hydrogens is 488 g/mol. The fraction of sp³-hybridized carbons (Fsp3) is 0.263.